The Morgan fingerprint density at radius 1 is 1.31 bits per heavy atom. The highest BCUT2D eigenvalue weighted by Crippen LogP contribution is 2.20. The van der Waals surface area contributed by atoms with Crippen molar-refractivity contribution in [3.8, 4) is 0 Å². The molecule has 1 atom stereocenters. The number of nitrogens with one attached hydrogen (secondary N) is 1. The van der Waals surface area contributed by atoms with Crippen molar-refractivity contribution < 1.29 is 9.52 Å². The molecule has 2 aromatic rings. The van der Waals surface area contributed by atoms with E-state index in [2.05, 4.69) is 5.32 Å². The Bertz CT molecular complexity index is 437. The largest absolute Gasteiger partial charge is 0.467 e. The molecule has 0 saturated heterocycles. The Labute approximate surface area is 94.7 Å². The van der Waals surface area contributed by atoms with E-state index in [0.717, 1.165) is 17.0 Å². The van der Waals surface area contributed by atoms with Crippen molar-refractivity contribution in [2.75, 3.05) is 5.32 Å². The van der Waals surface area contributed by atoms with Crippen LogP contribution in [0.1, 0.15) is 24.3 Å². The average Bonchev–Trinajstić information content (AvgIpc) is 2.83. The molecule has 1 aromatic carbocycles. The maximum atomic E-state index is 9.03. The van der Waals surface area contributed by atoms with E-state index in [0.29, 0.717) is 0 Å². The van der Waals surface area contributed by atoms with E-state index in [9.17, 15) is 0 Å². The number of benzene rings is 1. The van der Waals surface area contributed by atoms with Gasteiger partial charge in [-0.25, -0.2) is 0 Å². The molecule has 0 aliphatic carbocycles. The molecule has 0 bridgehead atoms. The smallest absolute Gasteiger partial charge is 0.125 e. The molecule has 1 aromatic heterocycles. The van der Waals surface area contributed by atoms with Crippen LogP contribution in [0.3, 0.4) is 0 Å². The van der Waals surface area contributed by atoms with Gasteiger partial charge < -0.3 is 14.8 Å². The summed E-state index contributed by atoms with van der Waals surface area (Å²) >= 11 is 0. The van der Waals surface area contributed by atoms with E-state index >= 15 is 0 Å². The Morgan fingerprint density at radius 3 is 2.88 bits per heavy atom. The molecule has 2 rings (SSSR count). The second-order valence-corrected chi connectivity index (χ2v) is 3.74. The SMILES string of the molecule is CC(Nc1cccc(CO)c1)c1ccco1. The van der Waals surface area contributed by atoms with Crippen LogP contribution in [0, 0.1) is 0 Å². The summed E-state index contributed by atoms with van der Waals surface area (Å²) in [5, 5.41) is 12.3. The molecule has 0 spiro atoms. The molecule has 3 nitrogen and oxygen atoms in total. The fraction of sp³-hybridized carbons (Fsp3) is 0.231. The van der Waals surface area contributed by atoms with Gasteiger partial charge in [0.1, 0.15) is 5.76 Å². The van der Waals surface area contributed by atoms with Crippen molar-refractivity contribution in [2.24, 2.45) is 0 Å². The normalized spacial score (nSPS) is 12.4. The van der Waals surface area contributed by atoms with Crippen LogP contribution < -0.4 is 5.32 Å². The van der Waals surface area contributed by atoms with Crippen LogP contribution in [0.4, 0.5) is 5.69 Å². The lowest BCUT2D eigenvalue weighted by atomic mass is 10.2. The van der Waals surface area contributed by atoms with Crippen molar-refractivity contribution >= 4 is 5.69 Å². The fourth-order valence-corrected chi connectivity index (χ4v) is 1.62. The molecule has 1 unspecified atom stereocenters. The van der Waals surface area contributed by atoms with Crippen molar-refractivity contribution in [3.63, 3.8) is 0 Å². The van der Waals surface area contributed by atoms with E-state index in [-0.39, 0.29) is 12.6 Å². The van der Waals surface area contributed by atoms with Gasteiger partial charge in [0.2, 0.25) is 0 Å². The van der Waals surface area contributed by atoms with Gasteiger partial charge in [-0.2, -0.15) is 0 Å². The van der Waals surface area contributed by atoms with Gasteiger partial charge in [-0.05, 0) is 36.8 Å². The fourth-order valence-electron chi connectivity index (χ4n) is 1.62. The Kier molecular flexibility index (Phi) is 3.27. The second kappa shape index (κ2) is 4.86. The van der Waals surface area contributed by atoms with Gasteiger partial charge in [0.15, 0.2) is 0 Å². The molecule has 84 valence electrons. The molecule has 3 heteroatoms. The minimum absolute atomic E-state index is 0.0602. The maximum absolute atomic E-state index is 9.03. The maximum Gasteiger partial charge on any atom is 0.125 e. The van der Waals surface area contributed by atoms with E-state index in [1.54, 1.807) is 6.26 Å². The standard InChI is InChI=1S/C13H15NO2/c1-10(13-6-3-7-16-13)14-12-5-2-4-11(8-12)9-15/h2-8,10,14-15H,9H2,1H3. The van der Waals surface area contributed by atoms with Gasteiger partial charge in [0.25, 0.3) is 0 Å². The zero-order valence-corrected chi connectivity index (χ0v) is 9.18. The predicted molar refractivity (Wildman–Crippen MR) is 63.1 cm³/mol. The van der Waals surface area contributed by atoms with Crippen LogP contribution in [-0.2, 0) is 6.61 Å². The van der Waals surface area contributed by atoms with Crippen molar-refractivity contribution in [2.45, 2.75) is 19.6 Å². The van der Waals surface area contributed by atoms with Crippen LogP contribution in [0.2, 0.25) is 0 Å². The number of aliphatic hydroxyl groups is 1. The van der Waals surface area contributed by atoms with E-state index in [1.165, 1.54) is 0 Å². The molecule has 0 aliphatic rings. The first-order chi connectivity index (χ1) is 7.79. The summed E-state index contributed by atoms with van der Waals surface area (Å²) in [6, 6.07) is 11.6. The monoisotopic (exact) mass is 217 g/mol. The van der Waals surface area contributed by atoms with Crippen molar-refractivity contribution in [1.29, 1.82) is 0 Å². The number of hydrogen-bond acceptors (Lipinski definition) is 3. The summed E-state index contributed by atoms with van der Waals surface area (Å²) in [4.78, 5) is 0. The molecule has 0 fully saturated rings. The van der Waals surface area contributed by atoms with Crippen LogP contribution in [-0.4, -0.2) is 5.11 Å². The quantitative estimate of drug-likeness (QED) is 0.827. The Hall–Kier alpha value is -1.74. The lowest BCUT2D eigenvalue weighted by molar-refractivity contribution is 0.282. The molecule has 0 aliphatic heterocycles. The first-order valence-corrected chi connectivity index (χ1v) is 5.29. The lowest BCUT2D eigenvalue weighted by Gasteiger charge is -2.13. The number of furan rings is 1. The summed E-state index contributed by atoms with van der Waals surface area (Å²) in [5.41, 5.74) is 1.88. The first-order valence-electron chi connectivity index (χ1n) is 5.29. The predicted octanol–water partition coefficient (Wildman–Crippen LogP) is 2.95. The highest BCUT2D eigenvalue weighted by Gasteiger charge is 2.07. The van der Waals surface area contributed by atoms with Gasteiger partial charge in [0, 0.05) is 5.69 Å². The van der Waals surface area contributed by atoms with Crippen LogP contribution in [0.15, 0.2) is 47.1 Å². The first kappa shape index (κ1) is 10.8. The zero-order valence-electron chi connectivity index (χ0n) is 9.18. The molecule has 2 N–H and O–H groups in total. The molecule has 16 heavy (non-hydrogen) atoms. The zero-order chi connectivity index (χ0) is 11.4. The molecule has 0 amide bonds. The number of aliphatic hydroxyl groups excluding tert-OH is 1. The van der Waals surface area contributed by atoms with Crippen LogP contribution >= 0.6 is 0 Å². The van der Waals surface area contributed by atoms with E-state index < -0.39 is 0 Å². The highest BCUT2D eigenvalue weighted by molar-refractivity contribution is 5.46. The lowest BCUT2D eigenvalue weighted by Crippen LogP contribution is -2.05. The van der Waals surface area contributed by atoms with Crippen molar-refractivity contribution in [1.82, 2.24) is 0 Å². The topological polar surface area (TPSA) is 45.4 Å². The minimum atomic E-state index is 0.0602. The second-order valence-electron chi connectivity index (χ2n) is 3.74. The molecule has 0 saturated carbocycles. The molecular formula is C13H15NO2. The van der Waals surface area contributed by atoms with Gasteiger partial charge in [-0.15, -0.1) is 0 Å². The van der Waals surface area contributed by atoms with Gasteiger partial charge in [-0.1, -0.05) is 12.1 Å². The summed E-state index contributed by atoms with van der Waals surface area (Å²) in [7, 11) is 0. The molecule has 0 radical (unpaired) electrons. The Balaban J connectivity index is 2.08. The van der Waals surface area contributed by atoms with E-state index in [1.807, 2.05) is 43.3 Å². The van der Waals surface area contributed by atoms with Crippen LogP contribution in [0.5, 0.6) is 0 Å². The number of rotatable bonds is 4. The van der Waals surface area contributed by atoms with Crippen molar-refractivity contribution in [3.05, 3.63) is 54.0 Å². The third kappa shape index (κ3) is 2.44. The summed E-state index contributed by atoms with van der Waals surface area (Å²) in [6.45, 7) is 2.09. The highest BCUT2D eigenvalue weighted by atomic mass is 16.3. The summed E-state index contributed by atoms with van der Waals surface area (Å²) < 4.78 is 5.31. The molecule has 1 heterocycles. The van der Waals surface area contributed by atoms with Gasteiger partial charge in [-0.3, -0.25) is 0 Å². The van der Waals surface area contributed by atoms with Crippen LogP contribution in [0.25, 0.3) is 0 Å². The summed E-state index contributed by atoms with van der Waals surface area (Å²) in [5.74, 6) is 0.898. The summed E-state index contributed by atoms with van der Waals surface area (Å²) in [6.07, 6.45) is 1.66. The minimum Gasteiger partial charge on any atom is -0.467 e. The van der Waals surface area contributed by atoms with Gasteiger partial charge in [0.05, 0.1) is 18.9 Å². The number of hydrogen-bond donors (Lipinski definition) is 2. The number of anilines is 1. The average molecular weight is 217 g/mol. The molecular weight excluding hydrogens is 202 g/mol. The third-order valence-corrected chi connectivity index (χ3v) is 2.46. The van der Waals surface area contributed by atoms with Gasteiger partial charge >= 0.3 is 0 Å². The van der Waals surface area contributed by atoms with E-state index in [4.69, 9.17) is 9.52 Å². The third-order valence-electron chi connectivity index (χ3n) is 2.46. The Morgan fingerprint density at radius 2 is 2.19 bits per heavy atom.